The minimum atomic E-state index is -0.869. The molecule has 8 heteroatoms. The van der Waals surface area contributed by atoms with Gasteiger partial charge >= 0.3 is 0 Å². The van der Waals surface area contributed by atoms with E-state index in [0.29, 0.717) is 0 Å². The molecule has 0 aromatic rings. The van der Waals surface area contributed by atoms with Crippen LogP contribution in [0.2, 0.25) is 0 Å². The molecule has 1 rings (SSSR count). The predicted octanol–water partition coefficient (Wildman–Crippen LogP) is 0.860. The Bertz CT molecular complexity index is 267. The van der Waals surface area contributed by atoms with E-state index in [1.165, 1.54) is 0 Å². The van der Waals surface area contributed by atoms with Crippen LogP contribution >= 0.6 is 0 Å². The van der Waals surface area contributed by atoms with Crippen LogP contribution in [0.25, 0.3) is 20.9 Å². The van der Waals surface area contributed by atoms with Gasteiger partial charge < -0.3 is 10.2 Å². The lowest BCUT2D eigenvalue weighted by Crippen LogP contribution is -2.42. The smallest absolute Gasteiger partial charge is 0.0649 e. The van der Waals surface area contributed by atoms with Gasteiger partial charge in [0.2, 0.25) is 0 Å². The second-order valence-electron chi connectivity index (χ2n) is 3.15. The average Bonchev–Trinajstić information content (AvgIpc) is 2.14. The maximum atomic E-state index is 9.40. The third kappa shape index (κ3) is 2.27. The minimum Gasteiger partial charge on any atom is -0.393 e. The van der Waals surface area contributed by atoms with Crippen LogP contribution in [0.4, 0.5) is 0 Å². The molecule has 1 fully saturated rings. The molecule has 2 N–H and O–H groups in total. The van der Waals surface area contributed by atoms with E-state index in [-0.39, 0.29) is 12.8 Å². The van der Waals surface area contributed by atoms with E-state index in [0.717, 1.165) is 0 Å². The van der Waals surface area contributed by atoms with Gasteiger partial charge in [0, 0.05) is 16.2 Å². The van der Waals surface area contributed by atoms with Crippen molar-refractivity contribution in [3.05, 3.63) is 20.9 Å². The van der Waals surface area contributed by atoms with Crippen LogP contribution in [0.1, 0.15) is 12.8 Å². The van der Waals surface area contributed by atoms with Crippen molar-refractivity contribution < 1.29 is 10.2 Å². The van der Waals surface area contributed by atoms with E-state index < -0.39 is 24.3 Å². The van der Waals surface area contributed by atoms with Crippen molar-refractivity contribution in [3.8, 4) is 0 Å². The first-order valence-electron chi connectivity index (χ1n) is 4.13. The first kappa shape index (κ1) is 10.6. The van der Waals surface area contributed by atoms with E-state index in [1.54, 1.807) is 0 Å². The number of hydrogen-bond acceptors (Lipinski definition) is 4. The average molecular weight is 198 g/mol. The van der Waals surface area contributed by atoms with Gasteiger partial charge in [-0.2, -0.15) is 0 Å². The molecule has 1 aliphatic carbocycles. The highest BCUT2D eigenvalue weighted by Gasteiger charge is 2.34. The molecule has 8 nitrogen and oxygen atoms in total. The van der Waals surface area contributed by atoms with E-state index in [9.17, 15) is 10.2 Å². The topological polar surface area (TPSA) is 138 Å². The zero-order valence-corrected chi connectivity index (χ0v) is 7.30. The van der Waals surface area contributed by atoms with E-state index in [1.807, 2.05) is 0 Å². The van der Waals surface area contributed by atoms with E-state index >= 15 is 0 Å². The first-order chi connectivity index (χ1) is 6.69. The third-order valence-corrected chi connectivity index (χ3v) is 2.25. The van der Waals surface area contributed by atoms with Gasteiger partial charge in [-0.05, 0) is 17.5 Å². The molecule has 0 saturated heterocycles. The summed E-state index contributed by atoms with van der Waals surface area (Å²) in [6.45, 7) is 0. The lowest BCUT2D eigenvalue weighted by atomic mass is 9.87. The predicted molar refractivity (Wildman–Crippen MR) is 47.1 cm³/mol. The van der Waals surface area contributed by atoms with Gasteiger partial charge in [0.1, 0.15) is 0 Å². The second kappa shape index (κ2) is 4.69. The van der Waals surface area contributed by atoms with Crippen molar-refractivity contribution in [3.63, 3.8) is 0 Å². The fourth-order valence-corrected chi connectivity index (χ4v) is 1.50. The van der Waals surface area contributed by atoms with Gasteiger partial charge in [0.15, 0.2) is 0 Å². The zero-order chi connectivity index (χ0) is 10.6. The number of aliphatic hydroxyl groups is 2. The molecule has 0 amide bonds. The molecule has 0 unspecified atom stereocenters. The lowest BCUT2D eigenvalue weighted by Gasteiger charge is -2.31. The Morgan fingerprint density at radius 1 is 0.929 bits per heavy atom. The maximum Gasteiger partial charge on any atom is 0.0649 e. The zero-order valence-electron chi connectivity index (χ0n) is 7.30. The summed E-state index contributed by atoms with van der Waals surface area (Å²) in [5.41, 5.74) is 16.4. The molecular weight excluding hydrogens is 188 g/mol. The molecule has 1 saturated carbocycles. The van der Waals surface area contributed by atoms with Crippen molar-refractivity contribution in [2.75, 3.05) is 0 Å². The van der Waals surface area contributed by atoms with Crippen LogP contribution in [0.5, 0.6) is 0 Å². The standard InChI is InChI=1S/C6H10N6O2/c7-11-9-3-1-4(10-12-8)6(14)2-5(3)13/h3-6,13-14H,1-2H2/t3-,4-,5-,6-/m1/s1. The lowest BCUT2D eigenvalue weighted by molar-refractivity contribution is 0.0148. The summed E-state index contributed by atoms with van der Waals surface area (Å²) in [6.07, 6.45) is -1.50. The number of azide groups is 2. The molecule has 4 atom stereocenters. The molecule has 0 aliphatic heterocycles. The van der Waals surface area contributed by atoms with Crippen molar-refractivity contribution in [1.82, 2.24) is 0 Å². The quantitative estimate of drug-likeness (QED) is 0.386. The van der Waals surface area contributed by atoms with Crippen LogP contribution in [-0.2, 0) is 0 Å². The largest absolute Gasteiger partial charge is 0.393 e. The molecule has 76 valence electrons. The molecule has 0 bridgehead atoms. The highest BCUT2D eigenvalue weighted by Crippen LogP contribution is 2.24. The van der Waals surface area contributed by atoms with Crippen molar-refractivity contribution >= 4 is 0 Å². The fourth-order valence-electron chi connectivity index (χ4n) is 1.50. The van der Waals surface area contributed by atoms with Crippen LogP contribution in [0.3, 0.4) is 0 Å². The number of aliphatic hydroxyl groups excluding tert-OH is 2. The summed E-state index contributed by atoms with van der Waals surface area (Å²) in [5.74, 6) is 0. The van der Waals surface area contributed by atoms with Gasteiger partial charge in [-0.1, -0.05) is 10.2 Å². The number of hydrogen-bond donors (Lipinski definition) is 2. The Hall–Kier alpha value is -1.46. The second-order valence-corrected chi connectivity index (χ2v) is 3.15. The highest BCUT2D eigenvalue weighted by molar-refractivity contribution is 4.93. The molecular formula is C6H10N6O2. The van der Waals surface area contributed by atoms with E-state index in [2.05, 4.69) is 20.1 Å². The molecule has 0 spiro atoms. The maximum absolute atomic E-state index is 9.40. The Kier molecular flexibility index (Phi) is 3.55. The highest BCUT2D eigenvalue weighted by atomic mass is 16.3. The summed E-state index contributed by atoms with van der Waals surface area (Å²) < 4.78 is 0. The number of rotatable bonds is 2. The van der Waals surface area contributed by atoms with Gasteiger partial charge in [0.25, 0.3) is 0 Å². The molecule has 14 heavy (non-hydrogen) atoms. The molecule has 0 aromatic carbocycles. The summed E-state index contributed by atoms with van der Waals surface area (Å²) in [6, 6.07) is -1.25. The molecule has 0 heterocycles. The Labute approximate surface area is 79.4 Å². The summed E-state index contributed by atoms with van der Waals surface area (Å²) >= 11 is 0. The molecule has 1 aliphatic rings. The van der Waals surface area contributed by atoms with Crippen molar-refractivity contribution in [2.24, 2.45) is 10.2 Å². The summed E-state index contributed by atoms with van der Waals surface area (Å²) in [7, 11) is 0. The number of nitrogens with zero attached hydrogens (tertiary/aromatic N) is 6. The van der Waals surface area contributed by atoms with Crippen LogP contribution in [0, 0.1) is 0 Å². The monoisotopic (exact) mass is 198 g/mol. The Morgan fingerprint density at radius 3 is 1.71 bits per heavy atom. The van der Waals surface area contributed by atoms with Crippen LogP contribution in [0.15, 0.2) is 10.2 Å². The first-order valence-corrected chi connectivity index (χ1v) is 4.13. The van der Waals surface area contributed by atoms with Crippen molar-refractivity contribution in [1.29, 1.82) is 0 Å². The van der Waals surface area contributed by atoms with E-state index in [4.69, 9.17) is 11.1 Å². The van der Waals surface area contributed by atoms with Gasteiger partial charge in [-0.25, -0.2) is 0 Å². The van der Waals surface area contributed by atoms with Gasteiger partial charge in [0.05, 0.1) is 24.3 Å². The van der Waals surface area contributed by atoms with Crippen LogP contribution < -0.4 is 0 Å². The minimum absolute atomic E-state index is 0.0629. The van der Waals surface area contributed by atoms with Crippen molar-refractivity contribution in [2.45, 2.75) is 37.1 Å². The third-order valence-electron chi connectivity index (χ3n) is 2.25. The van der Waals surface area contributed by atoms with Gasteiger partial charge in [-0.15, -0.1) is 0 Å². The fraction of sp³-hybridized carbons (Fsp3) is 1.00. The Morgan fingerprint density at radius 2 is 1.36 bits per heavy atom. The normalized spacial score (nSPS) is 36.7. The molecule has 0 aromatic heterocycles. The van der Waals surface area contributed by atoms with Crippen LogP contribution in [-0.4, -0.2) is 34.5 Å². The van der Waals surface area contributed by atoms with Gasteiger partial charge in [-0.3, -0.25) is 0 Å². The Balaban J connectivity index is 2.74. The summed E-state index contributed by atoms with van der Waals surface area (Å²) in [4.78, 5) is 5.16. The SMILES string of the molecule is [N-]=[N+]=N[C@@H]1C[C@@H](N=[N+]=[N-])[C@H](O)C[C@H]1O. The molecule has 0 radical (unpaired) electrons. The summed E-state index contributed by atoms with van der Waals surface area (Å²) in [5, 5.41) is 25.5.